The van der Waals surface area contributed by atoms with Crippen molar-refractivity contribution in [2.45, 2.75) is 27.2 Å². The maximum Gasteiger partial charge on any atom is 0.246 e. The number of para-hydroxylation sites is 1. The minimum absolute atomic E-state index is 0.0469. The number of aromatic nitrogens is 2. The Morgan fingerprint density at radius 1 is 1.35 bits per heavy atom. The van der Waals surface area contributed by atoms with Crippen molar-refractivity contribution >= 4 is 12.0 Å². The van der Waals surface area contributed by atoms with Crippen LogP contribution in [-0.4, -0.2) is 46.9 Å². The molecule has 1 aliphatic heterocycles. The molecule has 3 rings (SSSR count). The number of carbonyl (C=O) groups is 1. The summed E-state index contributed by atoms with van der Waals surface area (Å²) in [5, 5.41) is 4.63. The third-order valence-corrected chi connectivity index (χ3v) is 4.94. The third kappa shape index (κ3) is 4.05. The second kappa shape index (κ2) is 8.32. The smallest absolute Gasteiger partial charge is 0.246 e. The summed E-state index contributed by atoms with van der Waals surface area (Å²) >= 11 is 0. The van der Waals surface area contributed by atoms with Crippen molar-refractivity contribution in [2.24, 2.45) is 5.92 Å². The van der Waals surface area contributed by atoms with Crippen LogP contribution in [0.5, 0.6) is 0 Å². The first-order valence-electron chi connectivity index (χ1n) is 9.26. The number of amides is 1. The van der Waals surface area contributed by atoms with Crippen molar-refractivity contribution in [1.29, 1.82) is 0 Å². The molecule has 1 atom stereocenters. The summed E-state index contributed by atoms with van der Waals surface area (Å²) in [7, 11) is 0. The second-order valence-electron chi connectivity index (χ2n) is 6.77. The molecule has 0 spiro atoms. The van der Waals surface area contributed by atoms with E-state index < -0.39 is 0 Å². The van der Waals surface area contributed by atoms with Gasteiger partial charge in [0.05, 0.1) is 18.0 Å². The number of ether oxygens (including phenoxy) is 1. The van der Waals surface area contributed by atoms with Crippen molar-refractivity contribution in [3.8, 4) is 5.69 Å². The van der Waals surface area contributed by atoms with E-state index in [1.807, 2.05) is 66.8 Å². The summed E-state index contributed by atoms with van der Waals surface area (Å²) in [5.74, 6) is 0.502. The van der Waals surface area contributed by atoms with Crippen LogP contribution in [0.3, 0.4) is 0 Å². The molecule has 1 fully saturated rings. The molecule has 0 N–H and O–H groups in total. The molecule has 0 radical (unpaired) electrons. The van der Waals surface area contributed by atoms with E-state index in [0.29, 0.717) is 12.5 Å². The topological polar surface area (TPSA) is 47.4 Å². The Labute approximate surface area is 155 Å². The van der Waals surface area contributed by atoms with Gasteiger partial charge < -0.3 is 9.64 Å². The first-order chi connectivity index (χ1) is 12.6. The number of hydrogen-bond donors (Lipinski definition) is 0. The molecule has 26 heavy (non-hydrogen) atoms. The van der Waals surface area contributed by atoms with E-state index in [4.69, 9.17) is 4.74 Å². The summed E-state index contributed by atoms with van der Waals surface area (Å²) in [6.45, 7) is 9.07. The van der Waals surface area contributed by atoms with Crippen molar-refractivity contribution in [3.63, 3.8) is 0 Å². The van der Waals surface area contributed by atoms with Crippen LogP contribution < -0.4 is 0 Å². The van der Waals surface area contributed by atoms with Gasteiger partial charge in [0.25, 0.3) is 0 Å². The minimum Gasteiger partial charge on any atom is -0.381 e. The molecule has 0 bridgehead atoms. The lowest BCUT2D eigenvalue weighted by molar-refractivity contribution is -0.126. The number of hydrogen-bond acceptors (Lipinski definition) is 3. The molecule has 0 aliphatic carbocycles. The lowest BCUT2D eigenvalue weighted by Gasteiger charge is -2.22. The first kappa shape index (κ1) is 18.4. The van der Waals surface area contributed by atoms with Crippen LogP contribution in [0.1, 0.15) is 30.3 Å². The Bertz CT molecular complexity index is 774. The fourth-order valence-electron chi connectivity index (χ4n) is 3.39. The van der Waals surface area contributed by atoms with E-state index in [2.05, 4.69) is 5.10 Å². The second-order valence-corrected chi connectivity index (χ2v) is 6.77. The van der Waals surface area contributed by atoms with Gasteiger partial charge in [0, 0.05) is 42.9 Å². The molecule has 1 aliphatic rings. The van der Waals surface area contributed by atoms with E-state index in [0.717, 1.165) is 48.8 Å². The van der Waals surface area contributed by atoms with Gasteiger partial charge in [0.2, 0.25) is 5.91 Å². The van der Waals surface area contributed by atoms with E-state index >= 15 is 0 Å². The Hall–Kier alpha value is -2.40. The average Bonchev–Trinajstić information content (AvgIpc) is 3.27. The predicted octanol–water partition coefficient (Wildman–Crippen LogP) is 3.39. The molecule has 1 amide bonds. The molecule has 1 aromatic heterocycles. The maximum atomic E-state index is 12.6. The maximum absolute atomic E-state index is 12.6. The molecule has 5 nitrogen and oxygen atoms in total. The summed E-state index contributed by atoms with van der Waals surface area (Å²) in [4.78, 5) is 14.5. The van der Waals surface area contributed by atoms with Crippen LogP contribution >= 0.6 is 0 Å². The number of benzene rings is 1. The van der Waals surface area contributed by atoms with Crippen LogP contribution in [0.2, 0.25) is 0 Å². The quantitative estimate of drug-likeness (QED) is 0.748. The zero-order valence-electron chi connectivity index (χ0n) is 15.8. The van der Waals surface area contributed by atoms with Gasteiger partial charge in [-0.2, -0.15) is 5.10 Å². The van der Waals surface area contributed by atoms with Crippen molar-refractivity contribution in [1.82, 2.24) is 14.7 Å². The molecule has 2 heterocycles. The van der Waals surface area contributed by atoms with Crippen molar-refractivity contribution in [3.05, 3.63) is 53.4 Å². The largest absolute Gasteiger partial charge is 0.381 e. The first-order valence-corrected chi connectivity index (χ1v) is 9.26. The predicted molar refractivity (Wildman–Crippen MR) is 103 cm³/mol. The highest BCUT2D eigenvalue weighted by Gasteiger charge is 2.20. The zero-order valence-corrected chi connectivity index (χ0v) is 15.8. The van der Waals surface area contributed by atoms with Crippen LogP contribution in [-0.2, 0) is 9.53 Å². The molecule has 1 saturated heterocycles. The van der Waals surface area contributed by atoms with Gasteiger partial charge in [-0.3, -0.25) is 4.79 Å². The number of carbonyl (C=O) groups excluding carboxylic acids is 1. The lowest BCUT2D eigenvalue weighted by Crippen LogP contribution is -2.34. The van der Waals surface area contributed by atoms with Crippen LogP contribution in [0.15, 0.2) is 36.4 Å². The fraction of sp³-hybridized carbons (Fsp3) is 0.429. The summed E-state index contributed by atoms with van der Waals surface area (Å²) in [6, 6.07) is 10.0. The molecule has 1 unspecified atom stereocenters. The number of nitrogens with zero attached hydrogens (tertiary/aromatic N) is 3. The lowest BCUT2D eigenvalue weighted by atomic mass is 10.1. The molecule has 2 aromatic rings. The number of aryl methyl sites for hydroxylation is 1. The molecular formula is C21H27N3O2. The normalized spacial score (nSPS) is 17.1. The monoisotopic (exact) mass is 353 g/mol. The Morgan fingerprint density at radius 2 is 2.12 bits per heavy atom. The Balaban J connectivity index is 1.75. The summed E-state index contributed by atoms with van der Waals surface area (Å²) in [6.07, 6.45) is 4.61. The molecular weight excluding hydrogens is 326 g/mol. The highest BCUT2D eigenvalue weighted by Crippen LogP contribution is 2.19. The number of likely N-dealkylation sites (N-methyl/N-ethyl adjacent to an activating group) is 1. The highest BCUT2D eigenvalue weighted by molar-refractivity contribution is 5.92. The average molecular weight is 353 g/mol. The van der Waals surface area contributed by atoms with E-state index in [-0.39, 0.29) is 5.91 Å². The van der Waals surface area contributed by atoms with E-state index in [1.54, 1.807) is 6.08 Å². The van der Waals surface area contributed by atoms with E-state index in [9.17, 15) is 4.79 Å². The summed E-state index contributed by atoms with van der Waals surface area (Å²) in [5.41, 5.74) is 3.98. The SMILES string of the molecule is CCN(CC1CCOC1)C(=O)/C=C/c1c(C)nn(-c2ccccc2)c1C. The van der Waals surface area contributed by atoms with Crippen LogP contribution in [0.4, 0.5) is 0 Å². The highest BCUT2D eigenvalue weighted by atomic mass is 16.5. The molecule has 5 heteroatoms. The Morgan fingerprint density at radius 3 is 2.77 bits per heavy atom. The van der Waals surface area contributed by atoms with Crippen molar-refractivity contribution in [2.75, 3.05) is 26.3 Å². The standard InChI is InChI=1S/C21H27N3O2/c1-4-23(14-18-12-13-26-15-18)21(25)11-10-20-16(2)22-24(17(20)3)19-8-6-5-7-9-19/h5-11,18H,4,12-15H2,1-3H3/b11-10+. The van der Waals surface area contributed by atoms with Gasteiger partial charge in [-0.25, -0.2) is 4.68 Å². The van der Waals surface area contributed by atoms with Gasteiger partial charge in [-0.1, -0.05) is 18.2 Å². The third-order valence-electron chi connectivity index (χ3n) is 4.94. The molecule has 1 aromatic carbocycles. The van der Waals surface area contributed by atoms with Crippen LogP contribution in [0.25, 0.3) is 11.8 Å². The summed E-state index contributed by atoms with van der Waals surface area (Å²) < 4.78 is 7.34. The van der Waals surface area contributed by atoms with Gasteiger partial charge >= 0.3 is 0 Å². The van der Waals surface area contributed by atoms with E-state index in [1.165, 1.54) is 0 Å². The number of rotatable bonds is 6. The minimum atomic E-state index is 0.0469. The molecule has 138 valence electrons. The van der Waals surface area contributed by atoms with Gasteiger partial charge in [0.15, 0.2) is 0 Å². The van der Waals surface area contributed by atoms with Crippen molar-refractivity contribution < 1.29 is 9.53 Å². The molecule has 0 saturated carbocycles. The zero-order chi connectivity index (χ0) is 18.5. The fourth-order valence-corrected chi connectivity index (χ4v) is 3.39. The van der Waals surface area contributed by atoms with Gasteiger partial charge in [-0.05, 0) is 45.4 Å². The van der Waals surface area contributed by atoms with Crippen LogP contribution in [0, 0.1) is 19.8 Å². The Kier molecular flexibility index (Phi) is 5.89. The van der Waals surface area contributed by atoms with Gasteiger partial charge in [-0.15, -0.1) is 0 Å². The van der Waals surface area contributed by atoms with Gasteiger partial charge in [0.1, 0.15) is 0 Å².